The van der Waals surface area contributed by atoms with Gasteiger partial charge in [-0.25, -0.2) is 0 Å². The van der Waals surface area contributed by atoms with Crippen molar-refractivity contribution in [2.24, 2.45) is 0 Å². The third kappa shape index (κ3) is 8.14. The van der Waals surface area contributed by atoms with Crippen LogP contribution >= 0.6 is 24.8 Å². The average Bonchev–Trinajstić information content (AvgIpc) is 2.80. The zero-order chi connectivity index (χ0) is 20.6. The first-order valence-corrected chi connectivity index (χ1v) is 11.0. The van der Waals surface area contributed by atoms with E-state index in [1.54, 1.807) is 0 Å². The maximum Gasteiger partial charge on any atom is 0.119 e. The van der Waals surface area contributed by atoms with Crippen molar-refractivity contribution in [2.45, 2.75) is 45.5 Å². The number of rotatable bonds is 8. The molecule has 0 saturated carbocycles. The van der Waals surface area contributed by atoms with Crippen molar-refractivity contribution in [3.8, 4) is 5.75 Å². The molecule has 0 radical (unpaired) electrons. The molecule has 0 aliphatic carbocycles. The first kappa shape index (κ1) is 26.2. The number of likely N-dealkylation sites (tertiary alicyclic amines) is 1. The van der Waals surface area contributed by atoms with Gasteiger partial charge in [0.15, 0.2) is 0 Å². The quantitative estimate of drug-likeness (QED) is 0.423. The highest BCUT2D eigenvalue weighted by atomic mass is 35.5. The minimum absolute atomic E-state index is 0. The SMILES string of the molecule is Cc1ccc(COc2ccc(CNC3CCN(Cc4ccccc4)CC3)cc2)cc1.Cl.Cl. The van der Waals surface area contributed by atoms with Crippen LogP contribution in [-0.4, -0.2) is 24.0 Å². The third-order valence-corrected chi connectivity index (χ3v) is 5.88. The summed E-state index contributed by atoms with van der Waals surface area (Å²) in [5.74, 6) is 0.925. The van der Waals surface area contributed by atoms with E-state index < -0.39 is 0 Å². The first-order valence-electron chi connectivity index (χ1n) is 11.0. The summed E-state index contributed by atoms with van der Waals surface area (Å²) in [6, 6.07) is 28.4. The summed E-state index contributed by atoms with van der Waals surface area (Å²) < 4.78 is 5.92. The summed E-state index contributed by atoms with van der Waals surface area (Å²) in [5, 5.41) is 3.74. The second-order valence-electron chi connectivity index (χ2n) is 8.34. The van der Waals surface area contributed by atoms with E-state index in [9.17, 15) is 0 Å². The summed E-state index contributed by atoms with van der Waals surface area (Å²) in [4.78, 5) is 2.56. The molecule has 32 heavy (non-hydrogen) atoms. The van der Waals surface area contributed by atoms with Crippen molar-refractivity contribution in [3.63, 3.8) is 0 Å². The molecule has 4 rings (SSSR count). The number of ether oxygens (including phenoxy) is 1. The van der Waals surface area contributed by atoms with Gasteiger partial charge < -0.3 is 10.1 Å². The van der Waals surface area contributed by atoms with Crippen LogP contribution in [0, 0.1) is 6.92 Å². The molecular formula is C27H34Cl2N2O. The van der Waals surface area contributed by atoms with E-state index in [0.29, 0.717) is 12.6 Å². The second kappa shape index (κ2) is 13.5. The minimum Gasteiger partial charge on any atom is -0.489 e. The van der Waals surface area contributed by atoms with Crippen LogP contribution in [-0.2, 0) is 19.7 Å². The Bertz CT molecular complexity index is 893. The fourth-order valence-electron chi connectivity index (χ4n) is 3.95. The molecule has 0 bridgehead atoms. The maximum absolute atomic E-state index is 5.92. The Hall–Kier alpha value is -2.04. The lowest BCUT2D eigenvalue weighted by atomic mass is 10.0. The van der Waals surface area contributed by atoms with Gasteiger partial charge in [-0.1, -0.05) is 72.3 Å². The van der Waals surface area contributed by atoms with Gasteiger partial charge in [0.25, 0.3) is 0 Å². The Morgan fingerprint density at radius 2 is 1.41 bits per heavy atom. The first-order chi connectivity index (χ1) is 14.7. The van der Waals surface area contributed by atoms with Crippen molar-refractivity contribution >= 4 is 24.8 Å². The van der Waals surface area contributed by atoms with Crippen LogP contribution in [0.3, 0.4) is 0 Å². The van der Waals surface area contributed by atoms with Gasteiger partial charge in [-0.05, 0) is 61.7 Å². The Morgan fingerprint density at radius 1 is 0.781 bits per heavy atom. The van der Waals surface area contributed by atoms with Gasteiger partial charge in [-0.15, -0.1) is 24.8 Å². The number of benzene rings is 3. The summed E-state index contributed by atoms with van der Waals surface area (Å²) >= 11 is 0. The summed E-state index contributed by atoms with van der Waals surface area (Å²) in [5.41, 5.74) is 5.19. The minimum atomic E-state index is 0. The molecule has 0 aromatic heterocycles. The van der Waals surface area contributed by atoms with E-state index in [1.807, 2.05) is 0 Å². The highest BCUT2D eigenvalue weighted by molar-refractivity contribution is 5.85. The number of halogens is 2. The fourth-order valence-corrected chi connectivity index (χ4v) is 3.95. The number of piperidine rings is 1. The van der Waals surface area contributed by atoms with Crippen LogP contribution in [0.25, 0.3) is 0 Å². The largest absolute Gasteiger partial charge is 0.489 e. The predicted molar refractivity (Wildman–Crippen MR) is 138 cm³/mol. The van der Waals surface area contributed by atoms with E-state index in [2.05, 4.69) is 96.0 Å². The molecule has 0 amide bonds. The molecule has 1 aliphatic rings. The van der Waals surface area contributed by atoms with E-state index in [-0.39, 0.29) is 24.8 Å². The second-order valence-corrected chi connectivity index (χ2v) is 8.34. The van der Waals surface area contributed by atoms with Crippen LogP contribution < -0.4 is 10.1 Å². The highest BCUT2D eigenvalue weighted by Crippen LogP contribution is 2.17. The molecule has 5 heteroatoms. The standard InChI is InChI=1S/C27H32N2O.2ClH/c1-22-7-9-25(10-8-22)21-30-27-13-11-23(12-14-27)19-28-26-15-17-29(18-16-26)20-24-5-3-2-4-6-24;;/h2-14,26,28H,15-21H2,1H3;2*1H. The van der Waals surface area contributed by atoms with Gasteiger partial charge in [0.2, 0.25) is 0 Å². The van der Waals surface area contributed by atoms with Gasteiger partial charge >= 0.3 is 0 Å². The van der Waals surface area contributed by atoms with Gasteiger partial charge in [-0.3, -0.25) is 4.90 Å². The van der Waals surface area contributed by atoms with E-state index in [1.165, 1.54) is 48.2 Å². The van der Waals surface area contributed by atoms with Crippen molar-refractivity contribution in [1.82, 2.24) is 10.2 Å². The van der Waals surface area contributed by atoms with Crippen molar-refractivity contribution in [3.05, 3.63) is 101 Å². The molecular weight excluding hydrogens is 439 g/mol. The highest BCUT2D eigenvalue weighted by Gasteiger charge is 2.18. The molecule has 0 atom stereocenters. The summed E-state index contributed by atoms with van der Waals surface area (Å²) in [6.07, 6.45) is 2.43. The molecule has 1 fully saturated rings. The number of nitrogens with zero attached hydrogens (tertiary/aromatic N) is 1. The smallest absolute Gasteiger partial charge is 0.119 e. The number of nitrogens with one attached hydrogen (secondary N) is 1. The topological polar surface area (TPSA) is 24.5 Å². The monoisotopic (exact) mass is 472 g/mol. The third-order valence-electron chi connectivity index (χ3n) is 5.88. The van der Waals surface area contributed by atoms with Crippen molar-refractivity contribution in [1.29, 1.82) is 0 Å². The fraction of sp³-hybridized carbons (Fsp3) is 0.333. The molecule has 1 heterocycles. The van der Waals surface area contributed by atoms with Crippen LogP contribution in [0.5, 0.6) is 5.75 Å². The zero-order valence-electron chi connectivity index (χ0n) is 18.7. The molecule has 0 unspecified atom stereocenters. The van der Waals surface area contributed by atoms with Crippen LogP contribution in [0.1, 0.15) is 35.1 Å². The average molecular weight is 473 g/mol. The van der Waals surface area contributed by atoms with Gasteiger partial charge in [-0.2, -0.15) is 0 Å². The van der Waals surface area contributed by atoms with Gasteiger partial charge in [0.05, 0.1) is 0 Å². The molecule has 0 spiro atoms. The number of aryl methyl sites for hydroxylation is 1. The Balaban J connectivity index is 0.00000181. The lowest BCUT2D eigenvalue weighted by molar-refractivity contribution is 0.190. The summed E-state index contributed by atoms with van der Waals surface area (Å²) in [6.45, 7) is 7.03. The number of hydrogen-bond donors (Lipinski definition) is 1. The van der Waals surface area contributed by atoms with E-state index in [0.717, 1.165) is 18.8 Å². The normalized spacial score (nSPS) is 14.3. The van der Waals surface area contributed by atoms with Crippen molar-refractivity contribution in [2.75, 3.05) is 13.1 Å². The molecule has 1 aliphatic heterocycles. The zero-order valence-corrected chi connectivity index (χ0v) is 20.3. The lowest BCUT2D eigenvalue weighted by Crippen LogP contribution is -2.41. The van der Waals surface area contributed by atoms with Crippen molar-refractivity contribution < 1.29 is 4.74 Å². The number of hydrogen-bond acceptors (Lipinski definition) is 3. The van der Waals surface area contributed by atoms with Gasteiger partial charge in [0, 0.05) is 19.1 Å². The van der Waals surface area contributed by atoms with E-state index >= 15 is 0 Å². The molecule has 3 aromatic carbocycles. The van der Waals surface area contributed by atoms with Crippen LogP contribution in [0.4, 0.5) is 0 Å². The maximum atomic E-state index is 5.92. The Kier molecular flexibility index (Phi) is 11.1. The lowest BCUT2D eigenvalue weighted by Gasteiger charge is -2.32. The van der Waals surface area contributed by atoms with Crippen LogP contribution in [0.2, 0.25) is 0 Å². The predicted octanol–water partition coefficient (Wildman–Crippen LogP) is 6.17. The Morgan fingerprint density at radius 3 is 2.06 bits per heavy atom. The summed E-state index contributed by atoms with van der Waals surface area (Å²) in [7, 11) is 0. The molecule has 1 N–H and O–H groups in total. The molecule has 1 saturated heterocycles. The van der Waals surface area contributed by atoms with Crippen LogP contribution in [0.15, 0.2) is 78.9 Å². The molecule has 3 aromatic rings. The molecule has 3 nitrogen and oxygen atoms in total. The van der Waals surface area contributed by atoms with Gasteiger partial charge in [0.1, 0.15) is 12.4 Å². The van der Waals surface area contributed by atoms with E-state index in [4.69, 9.17) is 4.74 Å². The molecule has 172 valence electrons. The Labute approximate surface area is 205 Å².